The van der Waals surface area contributed by atoms with Crippen LogP contribution in [0.15, 0.2) is 42.0 Å². The number of hydrogen-bond acceptors (Lipinski definition) is 6. The third kappa shape index (κ3) is 3.54. The van der Waals surface area contributed by atoms with Crippen molar-refractivity contribution in [3.63, 3.8) is 0 Å². The monoisotopic (exact) mass is 344 g/mol. The zero-order chi connectivity index (χ0) is 16.9. The molecule has 3 rings (SSSR count). The minimum Gasteiger partial charge on any atom is -0.491 e. The van der Waals surface area contributed by atoms with Gasteiger partial charge in [0.15, 0.2) is 22.4 Å². The fourth-order valence-electron chi connectivity index (χ4n) is 1.94. The molecule has 0 radical (unpaired) electrons. The molecule has 1 amide bonds. The maximum absolute atomic E-state index is 13.8. The highest BCUT2D eigenvalue weighted by molar-refractivity contribution is 7.13. The van der Waals surface area contributed by atoms with E-state index in [-0.39, 0.29) is 11.4 Å². The number of thiazole rings is 1. The first-order valence-corrected chi connectivity index (χ1v) is 8.02. The Labute approximate surface area is 141 Å². The summed E-state index contributed by atoms with van der Waals surface area (Å²) in [7, 11) is 0. The smallest absolute Gasteiger partial charge is 0.275 e. The number of halogens is 1. The van der Waals surface area contributed by atoms with Gasteiger partial charge in [-0.05, 0) is 25.1 Å². The fourth-order valence-corrected chi connectivity index (χ4v) is 2.68. The Morgan fingerprint density at radius 3 is 2.83 bits per heavy atom. The number of amides is 1. The fraction of sp³-hybridized carbons (Fsp3) is 0.125. The lowest BCUT2D eigenvalue weighted by atomic mass is 10.3. The number of hydrogen-bond donors (Lipinski definition) is 1. The summed E-state index contributed by atoms with van der Waals surface area (Å²) in [5.74, 6) is -0.371. The van der Waals surface area contributed by atoms with E-state index >= 15 is 0 Å². The van der Waals surface area contributed by atoms with E-state index in [9.17, 15) is 9.18 Å². The van der Waals surface area contributed by atoms with Crippen molar-refractivity contribution >= 4 is 22.9 Å². The van der Waals surface area contributed by atoms with Gasteiger partial charge in [-0.2, -0.15) is 0 Å². The second-order valence-electron chi connectivity index (χ2n) is 4.64. The van der Waals surface area contributed by atoms with Crippen LogP contribution in [0.5, 0.6) is 5.75 Å². The number of aromatic nitrogens is 3. The SMILES string of the molecule is CCOc1ccc(NC(=O)c2csc(-c3ncccn3)n2)cc1F. The van der Waals surface area contributed by atoms with Crippen LogP contribution in [-0.2, 0) is 0 Å². The molecule has 0 atom stereocenters. The minimum atomic E-state index is -0.536. The van der Waals surface area contributed by atoms with E-state index in [0.717, 1.165) is 0 Å². The average molecular weight is 344 g/mol. The van der Waals surface area contributed by atoms with E-state index < -0.39 is 11.7 Å². The maximum Gasteiger partial charge on any atom is 0.275 e. The Morgan fingerprint density at radius 1 is 1.33 bits per heavy atom. The lowest BCUT2D eigenvalue weighted by Gasteiger charge is -2.07. The summed E-state index contributed by atoms with van der Waals surface area (Å²) >= 11 is 1.26. The van der Waals surface area contributed by atoms with Gasteiger partial charge in [0.05, 0.1) is 6.61 Å². The highest BCUT2D eigenvalue weighted by Gasteiger charge is 2.14. The van der Waals surface area contributed by atoms with Gasteiger partial charge < -0.3 is 10.1 Å². The summed E-state index contributed by atoms with van der Waals surface area (Å²) in [5.41, 5.74) is 0.545. The summed E-state index contributed by atoms with van der Waals surface area (Å²) < 4.78 is 18.9. The average Bonchev–Trinajstić information content (AvgIpc) is 3.08. The predicted molar refractivity (Wildman–Crippen MR) is 88.7 cm³/mol. The molecule has 0 saturated heterocycles. The second kappa shape index (κ2) is 7.14. The normalized spacial score (nSPS) is 10.4. The van der Waals surface area contributed by atoms with Crippen molar-refractivity contribution in [2.24, 2.45) is 0 Å². The van der Waals surface area contributed by atoms with Gasteiger partial charge in [0.25, 0.3) is 5.91 Å². The highest BCUT2D eigenvalue weighted by atomic mass is 32.1. The number of carbonyl (C=O) groups is 1. The molecule has 1 aromatic carbocycles. The Bertz CT molecular complexity index is 854. The van der Waals surface area contributed by atoms with Gasteiger partial charge in [0.2, 0.25) is 0 Å². The molecular weight excluding hydrogens is 331 g/mol. The molecule has 122 valence electrons. The molecule has 24 heavy (non-hydrogen) atoms. The first kappa shape index (κ1) is 16.0. The number of ether oxygens (including phenoxy) is 1. The number of nitrogens with one attached hydrogen (secondary N) is 1. The Balaban J connectivity index is 1.74. The standard InChI is InChI=1S/C16H13FN4O2S/c1-2-23-13-5-4-10(8-11(13)17)20-15(22)12-9-24-16(21-12)14-18-6-3-7-19-14/h3-9H,2H2,1H3,(H,20,22). The first-order chi connectivity index (χ1) is 11.7. The molecule has 1 N–H and O–H groups in total. The van der Waals surface area contributed by atoms with Gasteiger partial charge in [-0.25, -0.2) is 19.3 Å². The van der Waals surface area contributed by atoms with Crippen LogP contribution in [0, 0.1) is 5.82 Å². The van der Waals surface area contributed by atoms with Gasteiger partial charge in [-0.1, -0.05) is 0 Å². The van der Waals surface area contributed by atoms with Crippen LogP contribution in [0.3, 0.4) is 0 Å². The van der Waals surface area contributed by atoms with Crippen LogP contribution in [0.1, 0.15) is 17.4 Å². The second-order valence-corrected chi connectivity index (χ2v) is 5.50. The van der Waals surface area contributed by atoms with E-state index in [1.165, 1.54) is 23.5 Å². The van der Waals surface area contributed by atoms with Crippen molar-refractivity contribution in [1.82, 2.24) is 15.0 Å². The van der Waals surface area contributed by atoms with Crippen LogP contribution in [0.2, 0.25) is 0 Å². The molecular formula is C16H13FN4O2S. The van der Waals surface area contributed by atoms with Crippen LogP contribution in [0.25, 0.3) is 10.8 Å². The van der Waals surface area contributed by atoms with E-state index in [2.05, 4.69) is 20.3 Å². The van der Waals surface area contributed by atoms with Crippen molar-refractivity contribution in [1.29, 1.82) is 0 Å². The Morgan fingerprint density at radius 2 is 2.12 bits per heavy atom. The molecule has 3 aromatic rings. The molecule has 8 heteroatoms. The Kier molecular flexibility index (Phi) is 4.76. The number of rotatable bonds is 5. The third-order valence-corrected chi connectivity index (χ3v) is 3.82. The van der Waals surface area contributed by atoms with Crippen LogP contribution in [-0.4, -0.2) is 27.5 Å². The van der Waals surface area contributed by atoms with Crippen molar-refractivity contribution < 1.29 is 13.9 Å². The molecule has 0 unspecified atom stereocenters. The third-order valence-electron chi connectivity index (χ3n) is 2.98. The molecule has 2 heterocycles. The van der Waals surface area contributed by atoms with Crippen molar-refractivity contribution in [3.05, 3.63) is 53.6 Å². The lowest BCUT2D eigenvalue weighted by Crippen LogP contribution is -2.12. The molecule has 6 nitrogen and oxygen atoms in total. The first-order valence-electron chi connectivity index (χ1n) is 7.14. The largest absolute Gasteiger partial charge is 0.491 e. The molecule has 0 saturated carbocycles. The number of carbonyl (C=O) groups excluding carboxylic acids is 1. The Hall–Kier alpha value is -2.87. The van der Waals surface area contributed by atoms with E-state index in [4.69, 9.17) is 4.74 Å². The molecule has 0 aliphatic heterocycles. The summed E-state index contributed by atoms with van der Waals surface area (Å²) in [6.45, 7) is 2.14. The highest BCUT2D eigenvalue weighted by Crippen LogP contribution is 2.23. The summed E-state index contributed by atoms with van der Waals surface area (Å²) in [5, 5.41) is 4.75. The zero-order valence-electron chi connectivity index (χ0n) is 12.7. The van der Waals surface area contributed by atoms with Crippen molar-refractivity contribution in [2.75, 3.05) is 11.9 Å². The van der Waals surface area contributed by atoms with Gasteiger partial charge in [0, 0.05) is 29.5 Å². The van der Waals surface area contributed by atoms with Crippen molar-refractivity contribution in [2.45, 2.75) is 6.92 Å². The lowest BCUT2D eigenvalue weighted by molar-refractivity contribution is 0.102. The molecule has 0 bridgehead atoms. The zero-order valence-corrected chi connectivity index (χ0v) is 13.5. The summed E-state index contributed by atoms with van der Waals surface area (Å²) in [4.78, 5) is 24.6. The van der Waals surface area contributed by atoms with Gasteiger partial charge in [-0.3, -0.25) is 4.79 Å². The van der Waals surface area contributed by atoms with E-state index in [1.54, 1.807) is 36.8 Å². The van der Waals surface area contributed by atoms with Gasteiger partial charge in [0.1, 0.15) is 5.69 Å². The van der Waals surface area contributed by atoms with Crippen LogP contribution in [0.4, 0.5) is 10.1 Å². The molecule has 0 aliphatic rings. The number of anilines is 1. The van der Waals surface area contributed by atoms with E-state index in [0.29, 0.717) is 23.1 Å². The maximum atomic E-state index is 13.8. The number of nitrogens with zero attached hydrogens (tertiary/aromatic N) is 3. The quantitative estimate of drug-likeness (QED) is 0.768. The molecule has 0 aliphatic carbocycles. The van der Waals surface area contributed by atoms with Gasteiger partial charge >= 0.3 is 0 Å². The van der Waals surface area contributed by atoms with E-state index in [1.807, 2.05) is 0 Å². The predicted octanol–water partition coefficient (Wildman–Crippen LogP) is 3.39. The van der Waals surface area contributed by atoms with Crippen LogP contribution >= 0.6 is 11.3 Å². The summed E-state index contributed by atoms with van der Waals surface area (Å²) in [6, 6.07) is 5.94. The van der Waals surface area contributed by atoms with Crippen molar-refractivity contribution in [3.8, 4) is 16.6 Å². The molecule has 2 aromatic heterocycles. The number of benzene rings is 1. The molecule has 0 fully saturated rings. The topological polar surface area (TPSA) is 77.0 Å². The molecule has 0 spiro atoms. The minimum absolute atomic E-state index is 0.146. The van der Waals surface area contributed by atoms with Crippen LogP contribution < -0.4 is 10.1 Å². The van der Waals surface area contributed by atoms with Gasteiger partial charge in [-0.15, -0.1) is 11.3 Å². The summed E-state index contributed by atoms with van der Waals surface area (Å²) in [6.07, 6.45) is 3.21.